The standard InChI is InChI=1S/C42H62O16.2K/c1-37(2)21-8-11-42(7)31(20(43)16-18-19-17-39(4,36(53)54)13-12-38(19,3)14-15-41(18,42)6)40(21,5)10-9-22(37)55-35-30(26(47)25(46)29(57-35)33(51)52)58-34-27(48)23(44)24(45)28(56-34)32(49)50;;/h16,19,21-31,34-35,44-48H,8-15,17H2,1-7H3,(H,49,50)(H,51,52)(H,53,54);;/q;2*+1/p-2/t19-,21-,22-,23-,24-,25-,26-,27+,28-,29-,30+,31+,34-,35?,38+,39-,40-,41+,42+;;/m0../s1. The molecule has 2 heterocycles. The van der Waals surface area contributed by atoms with Gasteiger partial charge < -0.3 is 69.4 Å². The van der Waals surface area contributed by atoms with Gasteiger partial charge in [-0.05, 0) is 110 Å². The van der Waals surface area contributed by atoms with E-state index in [0.717, 1.165) is 24.8 Å². The van der Waals surface area contributed by atoms with Gasteiger partial charge in [0, 0.05) is 5.92 Å². The monoisotopic (exact) mass is 898 g/mol. The molecule has 18 heteroatoms. The van der Waals surface area contributed by atoms with E-state index in [1.165, 1.54) is 0 Å². The Kier molecular flexibility index (Phi) is 15.3. The Labute approximate surface area is 435 Å². The van der Waals surface area contributed by atoms with Gasteiger partial charge in [-0.3, -0.25) is 9.59 Å². The summed E-state index contributed by atoms with van der Waals surface area (Å²) in [5.74, 6) is -5.04. The van der Waals surface area contributed by atoms with Crippen molar-refractivity contribution in [1.29, 1.82) is 0 Å². The molecule has 0 spiro atoms. The van der Waals surface area contributed by atoms with E-state index in [1.807, 2.05) is 26.8 Å². The van der Waals surface area contributed by atoms with Gasteiger partial charge in [-0.15, -0.1) is 0 Å². The minimum atomic E-state index is -2.15. The van der Waals surface area contributed by atoms with Crippen molar-refractivity contribution in [2.45, 2.75) is 174 Å². The molecule has 0 radical (unpaired) electrons. The summed E-state index contributed by atoms with van der Waals surface area (Å²) in [6, 6.07) is 0. The van der Waals surface area contributed by atoms with Gasteiger partial charge >= 0.3 is 109 Å². The van der Waals surface area contributed by atoms with Crippen molar-refractivity contribution < 1.29 is 182 Å². The zero-order chi connectivity index (χ0) is 42.9. The SMILES string of the molecule is CC1(C)[C@@H](OC2O[C@H](C(=O)[O-])[C@@H](O)[C@H](O)[C@H]2O[C@@H]2O[C@H](C(=O)[O-])[C@@H](O)[C@H](O)[C@H]2O)CC[C@]2(C)[C@H]3C(=O)C=C4[C@@H]5C[C@@](C)(C(=O)O)CC[C@]5(C)CC[C@@]4(C)[C@]3(C)CC[C@@H]12.[K+].[K+]. The summed E-state index contributed by atoms with van der Waals surface area (Å²) < 4.78 is 23.1. The van der Waals surface area contributed by atoms with Gasteiger partial charge in [0.2, 0.25) is 0 Å². The fourth-order valence-corrected chi connectivity index (χ4v) is 13.4. The van der Waals surface area contributed by atoms with E-state index >= 15 is 0 Å². The second kappa shape index (κ2) is 17.8. The molecule has 326 valence electrons. The molecule has 7 aliphatic rings. The zero-order valence-corrected chi connectivity index (χ0v) is 42.5. The average molecular weight is 899 g/mol. The zero-order valence-electron chi connectivity index (χ0n) is 36.3. The molecule has 6 N–H and O–H groups in total. The van der Waals surface area contributed by atoms with E-state index < -0.39 is 107 Å². The number of fused-ring (bicyclic) bond motifs is 7. The van der Waals surface area contributed by atoms with Gasteiger partial charge in [-0.2, -0.15) is 0 Å². The maximum atomic E-state index is 14.8. The minimum Gasteiger partial charge on any atom is -0.547 e. The van der Waals surface area contributed by atoms with Gasteiger partial charge in [0.15, 0.2) is 18.4 Å². The first-order valence-electron chi connectivity index (χ1n) is 20.7. The maximum absolute atomic E-state index is 14.8. The van der Waals surface area contributed by atoms with Crippen LogP contribution in [0.4, 0.5) is 0 Å². The number of ether oxygens (including phenoxy) is 4. The van der Waals surface area contributed by atoms with Crippen LogP contribution in [0.5, 0.6) is 0 Å². The smallest absolute Gasteiger partial charge is 0.547 e. The number of carbonyl (C=O) groups excluding carboxylic acids is 3. The number of carboxylic acids is 3. The molecule has 19 atom stereocenters. The van der Waals surface area contributed by atoms with Gasteiger partial charge in [0.1, 0.15) is 48.8 Å². The molecule has 60 heavy (non-hydrogen) atoms. The van der Waals surface area contributed by atoms with Crippen LogP contribution in [-0.2, 0) is 38.1 Å². The first kappa shape index (κ1) is 51.7. The molecular weight excluding hydrogens is 839 g/mol. The molecule has 0 aromatic heterocycles. The Morgan fingerprint density at radius 3 is 1.87 bits per heavy atom. The van der Waals surface area contributed by atoms with Crippen LogP contribution in [-0.4, -0.2) is 122 Å². The summed E-state index contributed by atoms with van der Waals surface area (Å²) in [7, 11) is 0. The largest absolute Gasteiger partial charge is 1.00 e. The molecule has 0 aromatic carbocycles. The van der Waals surface area contributed by atoms with Crippen molar-refractivity contribution in [3.63, 3.8) is 0 Å². The van der Waals surface area contributed by atoms with Crippen LogP contribution in [0.15, 0.2) is 11.6 Å². The van der Waals surface area contributed by atoms with Crippen LogP contribution in [0.1, 0.15) is 106 Å². The Bertz CT molecular complexity index is 1740. The molecule has 6 fully saturated rings. The number of carboxylic acid groups (broad SMARTS) is 3. The van der Waals surface area contributed by atoms with E-state index in [9.17, 15) is 60.0 Å². The number of carbonyl (C=O) groups is 4. The number of aliphatic hydroxyl groups excluding tert-OH is 5. The van der Waals surface area contributed by atoms with Crippen LogP contribution in [0, 0.1) is 50.2 Å². The third-order valence-electron chi connectivity index (χ3n) is 17.2. The Balaban J connectivity index is 0.00000341. The molecule has 16 nitrogen and oxygen atoms in total. The van der Waals surface area contributed by atoms with Gasteiger partial charge in [0.25, 0.3) is 0 Å². The summed E-state index contributed by atoms with van der Waals surface area (Å²) >= 11 is 0. The van der Waals surface area contributed by atoms with E-state index in [2.05, 4.69) is 27.7 Å². The number of hydrogen-bond donors (Lipinski definition) is 6. The molecule has 5 aliphatic carbocycles. The molecule has 2 aliphatic heterocycles. The van der Waals surface area contributed by atoms with Crippen molar-refractivity contribution in [3.05, 3.63) is 11.6 Å². The van der Waals surface area contributed by atoms with Crippen LogP contribution in [0.25, 0.3) is 0 Å². The number of aliphatic carboxylic acids is 3. The van der Waals surface area contributed by atoms with E-state index in [-0.39, 0.29) is 137 Å². The van der Waals surface area contributed by atoms with E-state index in [0.29, 0.717) is 38.5 Å². The van der Waals surface area contributed by atoms with Crippen molar-refractivity contribution >= 4 is 23.7 Å². The number of ketones is 1. The Hall–Kier alpha value is 0.733. The van der Waals surface area contributed by atoms with Crippen molar-refractivity contribution in [1.82, 2.24) is 0 Å². The number of aliphatic hydroxyl groups is 5. The van der Waals surface area contributed by atoms with Crippen LogP contribution >= 0.6 is 0 Å². The number of hydrogen-bond acceptors (Lipinski definition) is 15. The minimum absolute atomic E-state index is 0. The first-order chi connectivity index (χ1) is 26.8. The van der Waals surface area contributed by atoms with Crippen molar-refractivity contribution in [2.24, 2.45) is 50.2 Å². The third kappa shape index (κ3) is 7.97. The molecule has 7 rings (SSSR count). The van der Waals surface area contributed by atoms with Crippen LogP contribution < -0.4 is 113 Å². The van der Waals surface area contributed by atoms with E-state index in [1.54, 1.807) is 0 Å². The normalized spacial score (nSPS) is 50.8. The molecular formula is C42H60K2O16. The third-order valence-corrected chi connectivity index (χ3v) is 17.2. The maximum Gasteiger partial charge on any atom is 1.00 e. The van der Waals surface area contributed by atoms with E-state index in [4.69, 9.17) is 18.9 Å². The van der Waals surface area contributed by atoms with Gasteiger partial charge in [-0.1, -0.05) is 47.1 Å². The molecule has 0 bridgehead atoms. The van der Waals surface area contributed by atoms with Crippen molar-refractivity contribution in [2.75, 3.05) is 0 Å². The second-order valence-corrected chi connectivity index (χ2v) is 20.6. The summed E-state index contributed by atoms with van der Waals surface area (Å²) in [6.45, 7) is 14.8. The van der Waals surface area contributed by atoms with Crippen LogP contribution in [0.3, 0.4) is 0 Å². The van der Waals surface area contributed by atoms with Gasteiger partial charge in [-0.25, -0.2) is 0 Å². The summed E-state index contributed by atoms with van der Waals surface area (Å²) in [5, 5.41) is 87.1. The number of allylic oxidation sites excluding steroid dienone is 2. The molecule has 0 amide bonds. The molecule has 2 saturated heterocycles. The molecule has 0 aromatic rings. The molecule has 1 unspecified atom stereocenters. The first-order valence-corrected chi connectivity index (χ1v) is 20.7. The quantitative estimate of drug-likeness (QED) is 0.102. The summed E-state index contributed by atoms with van der Waals surface area (Å²) in [6.07, 6.45) is -13.1. The average Bonchev–Trinajstić information content (AvgIpc) is 3.13. The second-order valence-electron chi connectivity index (χ2n) is 20.6. The summed E-state index contributed by atoms with van der Waals surface area (Å²) in [5.41, 5.74) is -1.89. The van der Waals surface area contributed by atoms with Crippen molar-refractivity contribution in [3.8, 4) is 0 Å². The summed E-state index contributed by atoms with van der Waals surface area (Å²) in [4.78, 5) is 51.1. The Morgan fingerprint density at radius 1 is 0.717 bits per heavy atom. The predicted octanol–water partition coefficient (Wildman–Crippen LogP) is -6.42. The van der Waals surface area contributed by atoms with Gasteiger partial charge in [0.05, 0.1) is 23.5 Å². The Morgan fingerprint density at radius 2 is 1.28 bits per heavy atom. The van der Waals surface area contributed by atoms with Crippen LogP contribution in [0.2, 0.25) is 0 Å². The number of rotatable bonds is 7. The molecule has 4 saturated carbocycles. The topological polar surface area (TPSA) is 273 Å². The fraction of sp³-hybridized carbons (Fsp3) is 0.857. The fourth-order valence-electron chi connectivity index (χ4n) is 13.4. The predicted molar refractivity (Wildman–Crippen MR) is 194 cm³/mol.